The van der Waals surface area contributed by atoms with Crippen molar-refractivity contribution in [3.63, 3.8) is 0 Å². The van der Waals surface area contributed by atoms with Crippen LogP contribution in [0.15, 0.2) is 18.2 Å². The molecule has 0 bridgehead atoms. The quantitative estimate of drug-likeness (QED) is 0.821. The summed E-state index contributed by atoms with van der Waals surface area (Å²) in [6.07, 6.45) is 0. The Morgan fingerprint density at radius 1 is 1.47 bits per heavy atom. The van der Waals surface area contributed by atoms with Crippen molar-refractivity contribution >= 4 is 11.7 Å². The molecule has 1 rings (SSSR count). The number of hydrogen-bond donors (Lipinski definition) is 1. The lowest BCUT2D eigenvalue weighted by molar-refractivity contribution is -0.149. The second-order valence-corrected chi connectivity index (χ2v) is 4.69. The van der Waals surface area contributed by atoms with Crippen LogP contribution < -0.4 is 5.32 Å². The van der Waals surface area contributed by atoms with Crippen LogP contribution in [0.4, 0.5) is 10.1 Å². The molecule has 0 aliphatic carbocycles. The highest BCUT2D eigenvalue weighted by Gasteiger charge is 2.28. The summed E-state index contributed by atoms with van der Waals surface area (Å²) in [4.78, 5) is 11.5. The van der Waals surface area contributed by atoms with E-state index < -0.39 is 5.41 Å². The van der Waals surface area contributed by atoms with E-state index in [0.29, 0.717) is 6.54 Å². The molecular formula is C13H18FNO2. The lowest BCUT2D eigenvalue weighted by Gasteiger charge is -2.23. The number of hydrogen-bond acceptors (Lipinski definition) is 3. The number of nitrogens with one attached hydrogen (secondary N) is 1. The molecule has 0 spiro atoms. The Morgan fingerprint density at radius 2 is 2.12 bits per heavy atom. The van der Waals surface area contributed by atoms with Gasteiger partial charge in [-0.15, -0.1) is 0 Å². The first-order chi connectivity index (χ1) is 7.86. The van der Waals surface area contributed by atoms with Crippen molar-refractivity contribution < 1.29 is 13.9 Å². The lowest BCUT2D eigenvalue weighted by atomic mass is 9.93. The van der Waals surface area contributed by atoms with Crippen LogP contribution in [-0.4, -0.2) is 19.6 Å². The van der Waals surface area contributed by atoms with Crippen LogP contribution in [0.25, 0.3) is 0 Å². The van der Waals surface area contributed by atoms with Crippen LogP contribution in [0, 0.1) is 18.2 Å². The highest BCUT2D eigenvalue weighted by molar-refractivity contribution is 5.76. The summed E-state index contributed by atoms with van der Waals surface area (Å²) in [6, 6.07) is 4.51. The maximum absolute atomic E-state index is 12.9. The minimum Gasteiger partial charge on any atom is -0.469 e. The number of methoxy groups -OCH3 is 1. The van der Waals surface area contributed by atoms with Crippen LogP contribution in [0.2, 0.25) is 0 Å². The Balaban J connectivity index is 2.70. The number of halogens is 1. The summed E-state index contributed by atoms with van der Waals surface area (Å²) in [5.41, 5.74) is 1.02. The maximum Gasteiger partial charge on any atom is 0.313 e. The third kappa shape index (κ3) is 3.44. The van der Waals surface area contributed by atoms with Crippen molar-refractivity contribution in [2.75, 3.05) is 19.0 Å². The van der Waals surface area contributed by atoms with Crippen molar-refractivity contribution in [3.05, 3.63) is 29.6 Å². The number of benzene rings is 1. The molecule has 0 aliphatic rings. The monoisotopic (exact) mass is 239 g/mol. The molecule has 0 aliphatic heterocycles. The van der Waals surface area contributed by atoms with Crippen molar-refractivity contribution in [1.29, 1.82) is 0 Å². The van der Waals surface area contributed by atoms with Crippen LogP contribution in [0.1, 0.15) is 19.4 Å². The zero-order chi connectivity index (χ0) is 13.1. The van der Waals surface area contributed by atoms with Gasteiger partial charge < -0.3 is 10.1 Å². The van der Waals surface area contributed by atoms with E-state index >= 15 is 0 Å². The predicted molar refractivity (Wildman–Crippen MR) is 65.4 cm³/mol. The van der Waals surface area contributed by atoms with Crippen LogP contribution in [-0.2, 0) is 9.53 Å². The van der Waals surface area contributed by atoms with E-state index in [4.69, 9.17) is 4.74 Å². The number of carbonyl (C=O) groups is 1. The molecule has 4 heteroatoms. The molecule has 17 heavy (non-hydrogen) atoms. The van der Waals surface area contributed by atoms with E-state index in [1.807, 2.05) is 6.92 Å². The molecule has 0 amide bonds. The third-order valence-electron chi connectivity index (χ3n) is 2.65. The smallest absolute Gasteiger partial charge is 0.313 e. The van der Waals surface area contributed by atoms with Gasteiger partial charge in [0.2, 0.25) is 0 Å². The van der Waals surface area contributed by atoms with Gasteiger partial charge >= 0.3 is 5.97 Å². The van der Waals surface area contributed by atoms with Gasteiger partial charge in [0.15, 0.2) is 0 Å². The maximum atomic E-state index is 12.9. The largest absolute Gasteiger partial charge is 0.469 e. The highest BCUT2D eigenvalue weighted by atomic mass is 19.1. The van der Waals surface area contributed by atoms with Crippen LogP contribution >= 0.6 is 0 Å². The summed E-state index contributed by atoms with van der Waals surface area (Å²) in [5.74, 6) is -0.537. The minimum atomic E-state index is -0.615. The predicted octanol–water partition coefficient (Wildman–Crippen LogP) is 2.75. The fourth-order valence-electron chi connectivity index (χ4n) is 1.49. The van der Waals surface area contributed by atoms with Gasteiger partial charge in [0.1, 0.15) is 5.82 Å². The van der Waals surface area contributed by atoms with E-state index in [2.05, 4.69) is 5.32 Å². The Labute approximate surface area is 101 Å². The first kappa shape index (κ1) is 13.5. The fraction of sp³-hybridized carbons (Fsp3) is 0.462. The molecule has 0 aromatic heterocycles. The first-order valence-corrected chi connectivity index (χ1v) is 5.45. The molecule has 1 aromatic carbocycles. The SMILES string of the molecule is COC(=O)C(C)(C)CNc1ccc(F)cc1C. The first-order valence-electron chi connectivity index (χ1n) is 5.45. The molecule has 1 aromatic rings. The van der Waals surface area contributed by atoms with Gasteiger partial charge in [-0.05, 0) is 44.5 Å². The second kappa shape index (κ2) is 5.17. The van der Waals surface area contributed by atoms with E-state index in [-0.39, 0.29) is 11.8 Å². The molecule has 94 valence electrons. The Morgan fingerprint density at radius 3 is 2.65 bits per heavy atom. The molecule has 3 nitrogen and oxygen atoms in total. The van der Waals surface area contributed by atoms with Gasteiger partial charge in [0.05, 0.1) is 12.5 Å². The molecule has 0 saturated carbocycles. The number of esters is 1. The van der Waals surface area contributed by atoms with Crippen molar-refractivity contribution in [1.82, 2.24) is 0 Å². The topological polar surface area (TPSA) is 38.3 Å². The molecular weight excluding hydrogens is 221 g/mol. The third-order valence-corrected chi connectivity index (χ3v) is 2.65. The summed E-state index contributed by atoms with van der Waals surface area (Å²) in [7, 11) is 1.37. The number of aryl methyl sites for hydroxylation is 1. The van der Waals surface area contributed by atoms with Gasteiger partial charge in [-0.1, -0.05) is 0 Å². The van der Waals surface area contributed by atoms with Crippen LogP contribution in [0.3, 0.4) is 0 Å². The van der Waals surface area contributed by atoms with Crippen molar-refractivity contribution in [2.45, 2.75) is 20.8 Å². The van der Waals surface area contributed by atoms with Gasteiger partial charge in [-0.3, -0.25) is 4.79 Å². The normalized spacial score (nSPS) is 11.1. The molecule has 0 heterocycles. The van der Waals surface area contributed by atoms with E-state index in [0.717, 1.165) is 11.3 Å². The molecule has 0 radical (unpaired) electrons. The van der Waals surface area contributed by atoms with Gasteiger partial charge in [-0.25, -0.2) is 4.39 Å². The van der Waals surface area contributed by atoms with Gasteiger partial charge in [0.25, 0.3) is 0 Å². The summed E-state index contributed by atoms with van der Waals surface area (Å²) in [5, 5.41) is 3.13. The summed E-state index contributed by atoms with van der Waals surface area (Å²) >= 11 is 0. The van der Waals surface area contributed by atoms with Gasteiger partial charge in [0, 0.05) is 12.2 Å². The van der Waals surface area contributed by atoms with E-state index in [1.165, 1.54) is 19.2 Å². The summed E-state index contributed by atoms with van der Waals surface area (Å²) < 4.78 is 17.6. The number of ether oxygens (including phenoxy) is 1. The second-order valence-electron chi connectivity index (χ2n) is 4.69. The number of anilines is 1. The number of rotatable bonds is 4. The molecule has 0 atom stereocenters. The molecule has 0 fully saturated rings. The zero-order valence-corrected chi connectivity index (χ0v) is 10.6. The number of carbonyl (C=O) groups excluding carboxylic acids is 1. The molecule has 1 N–H and O–H groups in total. The lowest BCUT2D eigenvalue weighted by Crippen LogP contribution is -2.33. The van der Waals surface area contributed by atoms with E-state index in [1.54, 1.807) is 19.9 Å². The van der Waals surface area contributed by atoms with E-state index in [9.17, 15) is 9.18 Å². The van der Waals surface area contributed by atoms with Crippen LogP contribution in [0.5, 0.6) is 0 Å². The molecule has 0 saturated heterocycles. The Bertz CT molecular complexity index is 416. The highest BCUT2D eigenvalue weighted by Crippen LogP contribution is 2.21. The average Bonchev–Trinajstić information content (AvgIpc) is 2.26. The zero-order valence-electron chi connectivity index (χ0n) is 10.6. The van der Waals surface area contributed by atoms with Crippen molar-refractivity contribution in [2.24, 2.45) is 5.41 Å². The fourth-order valence-corrected chi connectivity index (χ4v) is 1.49. The van der Waals surface area contributed by atoms with Crippen molar-refractivity contribution in [3.8, 4) is 0 Å². The average molecular weight is 239 g/mol. The molecule has 0 unspecified atom stereocenters. The summed E-state index contributed by atoms with van der Waals surface area (Å²) in [6.45, 7) is 5.85. The Kier molecular flexibility index (Phi) is 4.10. The minimum absolute atomic E-state index is 0.264. The Hall–Kier alpha value is -1.58. The standard InChI is InChI=1S/C13H18FNO2/c1-9-7-10(14)5-6-11(9)15-8-13(2,3)12(16)17-4/h5-7,15H,8H2,1-4H3. The van der Waals surface area contributed by atoms with Gasteiger partial charge in [-0.2, -0.15) is 0 Å².